The highest BCUT2D eigenvalue weighted by Crippen LogP contribution is 2.35. The third-order valence-electron chi connectivity index (χ3n) is 5.45. The molecule has 1 aliphatic heterocycles. The second kappa shape index (κ2) is 8.19. The number of piperazine rings is 1. The Kier molecular flexibility index (Phi) is 5.86. The molecule has 2 aliphatic rings. The van der Waals surface area contributed by atoms with Crippen molar-refractivity contribution in [2.75, 3.05) is 24.5 Å². The third kappa shape index (κ3) is 4.55. The minimum absolute atomic E-state index is 0.0172. The van der Waals surface area contributed by atoms with Crippen molar-refractivity contribution in [1.82, 2.24) is 10.2 Å². The zero-order valence-electron chi connectivity index (χ0n) is 15.7. The van der Waals surface area contributed by atoms with Crippen molar-refractivity contribution < 1.29 is 22.8 Å². The number of hydrogen-bond acceptors (Lipinski definition) is 4. The summed E-state index contributed by atoms with van der Waals surface area (Å²) in [5.41, 5.74) is 4.20. The van der Waals surface area contributed by atoms with E-state index in [4.69, 9.17) is 11.0 Å². The summed E-state index contributed by atoms with van der Waals surface area (Å²) < 4.78 is 39.7. The minimum Gasteiger partial charge on any atom is -0.368 e. The van der Waals surface area contributed by atoms with Gasteiger partial charge in [0, 0.05) is 31.4 Å². The van der Waals surface area contributed by atoms with Crippen LogP contribution in [0.2, 0.25) is 0 Å². The van der Waals surface area contributed by atoms with Crippen LogP contribution in [0.15, 0.2) is 18.2 Å². The van der Waals surface area contributed by atoms with Crippen molar-refractivity contribution in [3.63, 3.8) is 0 Å². The van der Waals surface area contributed by atoms with E-state index in [1.54, 1.807) is 11.0 Å². The topological polar surface area (TPSA) is 102 Å². The number of rotatable bonds is 3. The lowest BCUT2D eigenvalue weighted by atomic mass is 10.0. The number of nitrogens with one attached hydrogen (secondary N) is 1. The van der Waals surface area contributed by atoms with Gasteiger partial charge in [-0.05, 0) is 31.0 Å². The molecule has 1 unspecified atom stereocenters. The fourth-order valence-electron chi connectivity index (χ4n) is 3.89. The molecule has 0 bridgehead atoms. The van der Waals surface area contributed by atoms with Crippen LogP contribution in [-0.4, -0.2) is 48.6 Å². The van der Waals surface area contributed by atoms with Gasteiger partial charge in [0.25, 0.3) is 0 Å². The van der Waals surface area contributed by atoms with Gasteiger partial charge in [0.2, 0.25) is 5.91 Å². The van der Waals surface area contributed by atoms with E-state index in [-0.39, 0.29) is 37.4 Å². The van der Waals surface area contributed by atoms with Crippen molar-refractivity contribution in [1.29, 1.82) is 5.26 Å². The molecule has 1 heterocycles. The standard InChI is InChI=1S/C19H22F3N5O2/c20-19(21,22)15-9-14(6-5-12(15)10-23)26-7-8-27(16(11-26)17(24)28)18(29)25-13-3-1-2-4-13/h5-6,9,13,16H,1-4,7-8,11H2,(H2,24,28)(H,25,29). The van der Waals surface area contributed by atoms with Crippen LogP contribution >= 0.6 is 0 Å². The first-order valence-corrected chi connectivity index (χ1v) is 9.43. The highest BCUT2D eigenvalue weighted by Gasteiger charge is 2.37. The SMILES string of the molecule is N#Cc1ccc(N2CCN(C(=O)NC3CCCC3)C(C(N)=O)C2)cc1C(F)(F)F. The molecule has 1 aromatic carbocycles. The molecule has 1 aliphatic carbocycles. The van der Waals surface area contributed by atoms with E-state index in [0.29, 0.717) is 0 Å². The number of amides is 3. The number of nitrogens with two attached hydrogens (primary N) is 1. The number of primary amides is 1. The van der Waals surface area contributed by atoms with Crippen LogP contribution in [-0.2, 0) is 11.0 Å². The second-order valence-electron chi connectivity index (χ2n) is 7.33. The average molecular weight is 409 g/mol. The van der Waals surface area contributed by atoms with Crippen LogP contribution in [0.3, 0.4) is 0 Å². The van der Waals surface area contributed by atoms with Crippen molar-refractivity contribution in [3.8, 4) is 6.07 Å². The number of benzene rings is 1. The molecule has 3 rings (SSSR count). The largest absolute Gasteiger partial charge is 0.417 e. The number of urea groups is 1. The Hall–Kier alpha value is -2.96. The van der Waals surface area contributed by atoms with Crippen molar-refractivity contribution in [2.24, 2.45) is 5.73 Å². The monoisotopic (exact) mass is 409 g/mol. The van der Waals surface area contributed by atoms with E-state index in [2.05, 4.69) is 5.32 Å². The number of anilines is 1. The Labute approximate surface area is 166 Å². The second-order valence-corrected chi connectivity index (χ2v) is 7.33. The van der Waals surface area contributed by atoms with Crippen molar-refractivity contribution in [2.45, 2.75) is 43.9 Å². The smallest absolute Gasteiger partial charge is 0.368 e. The van der Waals surface area contributed by atoms with Crippen LogP contribution in [0.5, 0.6) is 0 Å². The Morgan fingerprint density at radius 3 is 2.48 bits per heavy atom. The maximum atomic E-state index is 13.2. The zero-order valence-corrected chi connectivity index (χ0v) is 15.7. The Morgan fingerprint density at radius 2 is 1.90 bits per heavy atom. The van der Waals surface area contributed by atoms with Gasteiger partial charge >= 0.3 is 12.2 Å². The number of carbonyl (C=O) groups excluding carboxylic acids is 2. The van der Waals surface area contributed by atoms with E-state index < -0.39 is 29.3 Å². The van der Waals surface area contributed by atoms with Gasteiger partial charge in [-0.3, -0.25) is 4.79 Å². The molecule has 1 saturated carbocycles. The minimum atomic E-state index is -4.67. The molecule has 7 nitrogen and oxygen atoms in total. The summed E-state index contributed by atoms with van der Waals surface area (Å²) in [7, 11) is 0. The van der Waals surface area contributed by atoms with Gasteiger partial charge in [0.15, 0.2) is 0 Å². The Bertz CT molecular complexity index is 830. The summed E-state index contributed by atoms with van der Waals surface area (Å²) in [4.78, 5) is 27.5. The maximum Gasteiger partial charge on any atom is 0.417 e. The number of carbonyl (C=O) groups is 2. The highest BCUT2D eigenvalue weighted by atomic mass is 19.4. The van der Waals surface area contributed by atoms with Gasteiger partial charge in [-0.1, -0.05) is 12.8 Å². The van der Waals surface area contributed by atoms with E-state index in [1.165, 1.54) is 11.0 Å². The van der Waals surface area contributed by atoms with Gasteiger partial charge in [-0.2, -0.15) is 18.4 Å². The van der Waals surface area contributed by atoms with E-state index in [0.717, 1.165) is 37.8 Å². The highest BCUT2D eigenvalue weighted by molar-refractivity contribution is 5.87. The first-order chi connectivity index (χ1) is 13.7. The summed E-state index contributed by atoms with van der Waals surface area (Å²) >= 11 is 0. The molecule has 1 aromatic rings. The molecular formula is C19H22F3N5O2. The number of nitriles is 1. The normalized spacial score (nSPS) is 20.4. The van der Waals surface area contributed by atoms with E-state index in [1.807, 2.05) is 0 Å². The van der Waals surface area contributed by atoms with Crippen LogP contribution in [0.4, 0.5) is 23.7 Å². The van der Waals surface area contributed by atoms with Crippen molar-refractivity contribution in [3.05, 3.63) is 29.3 Å². The maximum absolute atomic E-state index is 13.2. The van der Waals surface area contributed by atoms with Gasteiger partial charge in [-0.15, -0.1) is 0 Å². The molecule has 10 heteroatoms. The molecule has 0 spiro atoms. The quantitative estimate of drug-likeness (QED) is 0.799. The van der Waals surface area contributed by atoms with Gasteiger partial charge in [0.1, 0.15) is 6.04 Å². The van der Waals surface area contributed by atoms with Crippen LogP contribution < -0.4 is 16.0 Å². The molecule has 156 valence electrons. The Morgan fingerprint density at radius 1 is 1.21 bits per heavy atom. The van der Waals surface area contributed by atoms with Gasteiger partial charge in [0.05, 0.1) is 17.2 Å². The van der Waals surface area contributed by atoms with Crippen molar-refractivity contribution >= 4 is 17.6 Å². The lowest BCUT2D eigenvalue weighted by molar-refractivity contribution is -0.137. The predicted octanol–water partition coefficient (Wildman–Crippen LogP) is 2.21. The zero-order chi connectivity index (χ0) is 21.2. The van der Waals surface area contributed by atoms with Gasteiger partial charge < -0.3 is 20.9 Å². The molecule has 1 saturated heterocycles. The summed E-state index contributed by atoms with van der Waals surface area (Å²) in [6.07, 6.45) is -0.819. The van der Waals surface area contributed by atoms with Crippen LogP contribution in [0, 0.1) is 11.3 Å². The summed E-state index contributed by atoms with van der Waals surface area (Å²) in [5.74, 6) is -0.721. The molecule has 2 fully saturated rings. The fourth-order valence-corrected chi connectivity index (χ4v) is 3.89. The van der Waals surface area contributed by atoms with Gasteiger partial charge in [-0.25, -0.2) is 4.79 Å². The van der Waals surface area contributed by atoms with E-state index >= 15 is 0 Å². The molecule has 0 radical (unpaired) electrons. The predicted molar refractivity (Wildman–Crippen MR) is 98.8 cm³/mol. The lowest BCUT2D eigenvalue weighted by Crippen LogP contribution is -2.62. The number of halogens is 3. The van der Waals surface area contributed by atoms with Crippen LogP contribution in [0.1, 0.15) is 36.8 Å². The number of nitrogens with zero attached hydrogens (tertiary/aromatic N) is 3. The van der Waals surface area contributed by atoms with E-state index in [9.17, 15) is 22.8 Å². The molecule has 3 N–H and O–H groups in total. The number of hydrogen-bond donors (Lipinski definition) is 2. The molecular weight excluding hydrogens is 387 g/mol. The molecule has 29 heavy (non-hydrogen) atoms. The molecule has 1 atom stereocenters. The van der Waals surface area contributed by atoms with Crippen LogP contribution in [0.25, 0.3) is 0 Å². The lowest BCUT2D eigenvalue weighted by Gasteiger charge is -2.41. The molecule has 0 aromatic heterocycles. The Balaban J connectivity index is 1.78. The number of alkyl halides is 3. The average Bonchev–Trinajstić information content (AvgIpc) is 3.19. The first-order valence-electron chi connectivity index (χ1n) is 9.43. The summed E-state index contributed by atoms with van der Waals surface area (Å²) in [5, 5.41) is 11.8. The third-order valence-corrected chi connectivity index (χ3v) is 5.45. The fraction of sp³-hybridized carbons (Fsp3) is 0.526. The first kappa shape index (κ1) is 20.8. The molecule has 3 amide bonds. The summed E-state index contributed by atoms with van der Waals surface area (Å²) in [6, 6.07) is 3.68. The summed E-state index contributed by atoms with van der Waals surface area (Å²) in [6.45, 7) is 0.370.